The maximum atomic E-state index is 5.81. The molecular weight excluding hydrogens is 222 g/mol. The number of nitrogens with zero attached hydrogens (tertiary/aromatic N) is 4. The van der Waals surface area contributed by atoms with Crippen molar-refractivity contribution in [3.63, 3.8) is 0 Å². The zero-order chi connectivity index (χ0) is 12.4. The highest BCUT2D eigenvalue weighted by molar-refractivity contribution is 5.54. The highest BCUT2D eigenvalue weighted by Gasteiger charge is 2.17. The molecule has 0 bridgehead atoms. The summed E-state index contributed by atoms with van der Waals surface area (Å²) in [7, 11) is 3.43. The topological polar surface area (TPSA) is 92.0 Å². The molecule has 0 aromatic carbocycles. The summed E-state index contributed by atoms with van der Waals surface area (Å²) in [6.45, 7) is 2.28. The lowest BCUT2D eigenvalue weighted by molar-refractivity contribution is 0.177. The van der Waals surface area contributed by atoms with E-state index < -0.39 is 0 Å². The number of methoxy groups -OCH3 is 1. The van der Waals surface area contributed by atoms with Crippen LogP contribution in [0.4, 0.5) is 0 Å². The highest BCUT2D eigenvalue weighted by atomic mass is 16.5. The molecule has 2 rings (SSSR count). The van der Waals surface area contributed by atoms with E-state index in [0.29, 0.717) is 18.3 Å². The van der Waals surface area contributed by atoms with Gasteiger partial charge in [-0.25, -0.2) is 0 Å². The van der Waals surface area contributed by atoms with Gasteiger partial charge in [0.25, 0.3) is 5.89 Å². The third kappa shape index (κ3) is 2.20. The van der Waals surface area contributed by atoms with Crippen LogP contribution in [0.15, 0.2) is 10.7 Å². The average molecular weight is 237 g/mol. The number of aromatic nitrogens is 4. The van der Waals surface area contributed by atoms with Gasteiger partial charge in [0.15, 0.2) is 5.82 Å². The lowest BCUT2D eigenvalue weighted by atomic mass is 10.2. The SMILES string of the molecule is COCC(N)c1noc(-c2cnn(C)c2C)n1. The fourth-order valence-electron chi connectivity index (χ4n) is 1.46. The first-order valence-corrected chi connectivity index (χ1v) is 5.20. The van der Waals surface area contributed by atoms with Gasteiger partial charge in [-0.15, -0.1) is 0 Å². The molecule has 0 aliphatic carbocycles. The van der Waals surface area contributed by atoms with Crippen LogP contribution in [-0.2, 0) is 11.8 Å². The molecule has 2 aromatic rings. The van der Waals surface area contributed by atoms with Crippen LogP contribution in [0.5, 0.6) is 0 Å². The van der Waals surface area contributed by atoms with Crippen molar-refractivity contribution in [2.75, 3.05) is 13.7 Å². The molecule has 1 atom stereocenters. The van der Waals surface area contributed by atoms with Crippen LogP contribution in [-0.4, -0.2) is 33.6 Å². The van der Waals surface area contributed by atoms with E-state index in [1.807, 2.05) is 14.0 Å². The monoisotopic (exact) mass is 237 g/mol. The summed E-state index contributed by atoms with van der Waals surface area (Å²) in [5.41, 5.74) is 7.58. The average Bonchev–Trinajstić information content (AvgIpc) is 2.88. The third-order valence-electron chi connectivity index (χ3n) is 2.59. The van der Waals surface area contributed by atoms with Crippen molar-refractivity contribution >= 4 is 0 Å². The van der Waals surface area contributed by atoms with Crippen molar-refractivity contribution in [1.29, 1.82) is 0 Å². The van der Waals surface area contributed by atoms with Crippen LogP contribution in [0.1, 0.15) is 17.6 Å². The minimum atomic E-state index is -0.380. The van der Waals surface area contributed by atoms with Gasteiger partial charge in [0, 0.05) is 19.9 Å². The lowest BCUT2D eigenvalue weighted by Gasteiger charge is -2.03. The van der Waals surface area contributed by atoms with Gasteiger partial charge in [0.2, 0.25) is 0 Å². The van der Waals surface area contributed by atoms with Gasteiger partial charge in [0.05, 0.1) is 24.4 Å². The zero-order valence-electron chi connectivity index (χ0n) is 10.0. The highest BCUT2D eigenvalue weighted by Crippen LogP contribution is 2.21. The van der Waals surface area contributed by atoms with Gasteiger partial charge in [-0.3, -0.25) is 4.68 Å². The van der Waals surface area contributed by atoms with Crippen molar-refractivity contribution in [3.8, 4) is 11.5 Å². The molecule has 7 heteroatoms. The van der Waals surface area contributed by atoms with Crippen molar-refractivity contribution in [1.82, 2.24) is 19.9 Å². The molecule has 7 nitrogen and oxygen atoms in total. The number of ether oxygens (including phenoxy) is 1. The Hall–Kier alpha value is -1.73. The standard InChI is InChI=1S/C10H15N5O2/c1-6-7(4-12-15(6)2)10-13-9(14-17-10)8(11)5-16-3/h4,8H,5,11H2,1-3H3. The van der Waals surface area contributed by atoms with E-state index in [-0.39, 0.29) is 6.04 Å². The summed E-state index contributed by atoms with van der Waals surface area (Å²) >= 11 is 0. The Morgan fingerprint density at radius 1 is 1.59 bits per heavy atom. The Balaban J connectivity index is 2.27. The number of hydrogen-bond acceptors (Lipinski definition) is 6. The molecule has 0 fully saturated rings. The van der Waals surface area contributed by atoms with Gasteiger partial charge in [-0.1, -0.05) is 5.16 Å². The lowest BCUT2D eigenvalue weighted by Crippen LogP contribution is -2.17. The second-order valence-electron chi connectivity index (χ2n) is 3.79. The Labute approximate surface area is 98.6 Å². The maximum Gasteiger partial charge on any atom is 0.261 e. The molecule has 0 saturated carbocycles. The smallest absolute Gasteiger partial charge is 0.261 e. The van der Waals surface area contributed by atoms with Crippen LogP contribution in [0.25, 0.3) is 11.5 Å². The molecule has 92 valence electrons. The van der Waals surface area contributed by atoms with E-state index in [9.17, 15) is 0 Å². The first kappa shape index (κ1) is 11.7. The Bertz CT molecular complexity index is 505. The molecule has 0 radical (unpaired) electrons. The minimum Gasteiger partial charge on any atom is -0.383 e. The first-order valence-electron chi connectivity index (χ1n) is 5.20. The summed E-state index contributed by atoms with van der Waals surface area (Å²) in [5, 5.41) is 7.95. The van der Waals surface area contributed by atoms with Gasteiger partial charge in [-0.2, -0.15) is 10.1 Å². The Morgan fingerprint density at radius 2 is 2.35 bits per heavy atom. The van der Waals surface area contributed by atoms with E-state index in [1.165, 1.54) is 0 Å². The summed E-state index contributed by atoms with van der Waals surface area (Å²) in [4.78, 5) is 4.24. The molecule has 0 spiro atoms. The van der Waals surface area contributed by atoms with Gasteiger partial charge < -0.3 is 15.0 Å². The Kier molecular flexibility index (Phi) is 3.21. The second-order valence-corrected chi connectivity index (χ2v) is 3.79. The molecule has 2 heterocycles. The summed E-state index contributed by atoms with van der Waals surface area (Å²) in [6, 6.07) is -0.380. The largest absolute Gasteiger partial charge is 0.383 e. The molecule has 2 aromatic heterocycles. The molecule has 0 saturated heterocycles. The molecule has 17 heavy (non-hydrogen) atoms. The molecule has 0 aliphatic rings. The maximum absolute atomic E-state index is 5.81. The van der Waals surface area contributed by atoms with Gasteiger partial charge >= 0.3 is 0 Å². The number of hydrogen-bond donors (Lipinski definition) is 1. The fourth-order valence-corrected chi connectivity index (χ4v) is 1.46. The van der Waals surface area contributed by atoms with E-state index in [4.69, 9.17) is 15.0 Å². The van der Waals surface area contributed by atoms with Crippen LogP contribution in [0.2, 0.25) is 0 Å². The molecule has 0 amide bonds. The number of nitrogens with two attached hydrogens (primary N) is 1. The van der Waals surface area contributed by atoms with Crippen LogP contribution < -0.4 is 5.73 Å². The van der Waals surface area contributed by atoms with Gasteiger partial charge in [-0.05, 0) is 6.92 Å². The fraction of sp³-hybridized carbons (Fsp3) is 0.500. The number of rotatable bonds is 4. The van der Waals surface area contributed by atoms with Crippen LogP contribution >= 0.6 is 0 Å². The number of aryl methyl sites for hydroxylation is 1. The zero-order valence-corrected chi connectivity index (χ0v) is 10.0. The molecular formula is C10H15N5O2. The summed E-state index contributed by atoms with van der Waals surface area (Å²) in [5.74, 6) is 0.863. The van der Waals surface area contributed by atoms with Crippen LogP contribution in [0, 0.1) is 6.92 Å². The van der Waals surface area contributed by atoms with Crippen molar-refractivity contribution in [2.45, 2.75) is 13.0 Å². The molecule has 2 N–H and O–H groups in total. The summed E-state index contributed by atoms with van der Waals surface area (Å²) < 4.78 is 11.8. The van der Waals surface area contributed by atoms with Crippen molar-refractivity contribution in [2.24, 2.45) is 12.8 Å². The third-order valence-corrected chi connectivity index (χ3v) is 2.59. The second kappa shape index (κ2) is 4.64. The van der Waals surface area contributed by atoms with Crippen molar-refractivity contribution in [3.05, 3.63) is 17.7 Å². The molecule has 1 unspecified atom stereocenters. The Morgan fingerprint density at radius 3 is 2.94 bits per heavy atom. The van der Waals surface area contributed by atoms with E-state index in [0.717, 1.165) is 11.3 Å². The minimum absolute atomic E-state index is 0.352. The quantitative estimate of drug-likeness (QED) is 0.828. The first-order chi connectivity index (χ1) is 8.13. The van der Waals surface area contributed by atoms with E-state index in [2.05, 4.69) is 15.2 Å². The van der Waals surface area contributed by atoms with Gasteiger partial charge in [0.1, 0.15) is 0 Å². The summed E-state index contributed by atoms with van der Waals surface area (Å²) in [6.07, 6.45) is 1.69. The predicted octanol–water partition coefficient (Wildman–Crippen LogP) is 0.425. The predicted molar refractivity (Wildman–Crippen MR) is 60.0 cm³/mol. The van der Waals surface area contributed by atoms with E-state index in [1.54, 1.807) is 18.0 Å². The van der Waals surface area contributed by atoms with Crippen molar-refractivity contribution < 1.29 is 9.26 Å². The normalized spacial score (nSPS) is 12.9. The van der Waals surface area contributed by atoms with Crippen LogP contribution in [0.3, 0.4) is 0 Å². The van der Waals surface area contributed by atoms with E-state index >= 15 is 0 Å². The molecule has 0 aliphatic heterocycles.